The first-order chi connectivity index (χ1) is 9.24. The zero-order valence-electron chi connectivity index (χ0n) is 11.5. The Morgan fingerprint density at radius 1 is 1.00 bits per heavy atom. The summed E-state index contributed by atoms with van der Waals surface area (Å²) in [6.45, 7) is 3.00. The van der Waals surface area contributed by atoms with Crippen LogP contribution in [0.5, 0.6) is 0 Å². The average molecular weight is 274 g/mol. The lowest BCUT2D eigenvalue weighted by Gasteiger charge is -2.08. The molecule has 0 fully saturated rings. The Hall–Kier alpha value is -1.31. The second-order valence-electron chi connectivity index (χ2n) is 4.78. The molecule has 0 radical (unpaired) electrons. The Balaban J connectivity index is 2.24. The van der Waals surface area contributed by atoms with Crippen molar-refractivity contribution in [3.63, 3.8) is 0 Å². The van der Waals surface area contributed by atoms with Gasteiger partial charge in [0.25, 0.3) is 0 Å². The summed E-state index contributed by atoms with van der Waals surface area (Å²) in [6, 6.07) is 15.0. The van der Waals surface area contributed by atoms with Crippen LogP contribution in [-0.2, 0) is 13.0 Å². The molecule has 0 unspecified atom stereocenters. The fraction of sp³-hybridized carbons (Fsp3) is 0.294. The van der Waals surface area contributed by atoms with E-state index in [1.165, 1.54) is 23.1 Å². The average Bonchev–Trinajstić information content (AvgIpc) is 2.43. The molecule has 0 aromatic heterocycles. The highest BCUT2D eigenvalue weighted by molar-refractivity contribution is 6.31. The topological polar surface area (TPSA) is 12.0 Å². The van der Waals surface area contributed by atoms with Crippen molar-refractivity contribution < 1.29 is 0 Å². The lowest BCUT2D eigenvalue weighted by Crippen LogP contribution is -2.05. The fourth-order valence-corrected chi connectivity index (χ4v) is 2.46. The zero-order valence-corrected chi connectivity index (χ0v) is 12.3. The zero-order chi connectivity index (χ0) is 13.7. The van der Waals surface area contributed by atoms with Crippen molar-refractivity contribution in [1.82, 2.24) is 5.32 Å². The van der Waals surface area contributed by atoms with E-state index in [0.717, 1.165) is 23.6 Å². The smallest absolute Gasteiger partial charge is 0.0457 e. The van der Waals surface area contributed by atoms with Gasteiger partial charge in [0.1, 0.15) is 0 Å². The molecule has 0 aliphatic heterocycles. The molecule has 0 bridgehead atoms. The second kappa shape index (κ2) is 6.74. The van der Waals surface area contributed by atoms with Gasteiger partial charge in [-0.3, -0.25) is 0 Å². The van der Waals surface area contributed by atoms with Gasteiger partial charge >= 0.3 is 0 Å². The van der Waals surface area contributed by atoms with Gasteiger partial charge in [0.05, 0.1) is 0 Å². The molecule has 1 N–H and O–H groups in total. The molecular formula is C17H20ClN. The Bertz CT molecular complexity index is 531. The maximum atomic E-state index is 6.30. The number of nitrogens with one attached hydrogen (secondary N) is 1. The van der Waals surface area contributed by atoms with E-state index in [1.807, 2.05) is 13.1 Å². The summed E-state index contributed by atoms with van der Waals surface area (Å²) >= 11 is 6.30. The Morgan fingerprint density at radius 2 is 1.68 bits per heavy atom. The Kier molecular flexibility index (Phi) is 5.00. The van der Waals surface area contributed by atoms with Gasteiger partial charge in [0, 0.05) is 11.6 Å². The molecule has 2 aromatic carbocycles. The summed E-state index contributed by atoms with van der Waals surface area (Å²) in [5.74, 6) is 0. The van der Waals surface area contributed by atoms with E-state index in [4.69, 9.17) is 11.6 Å². The van der Waals surface area contributed by atoms with E-state index < -0.39 is 0 Å². The highest BCUT2D eigenvalue weighted by Crippen LogP contribution is 2.26. The summed E-state index contributed by atoms with van der Waals surface area (Å²) in [5, 5.41) is 3.94. The van der Waals surface area contributed by atoms with Gasteiger partial charge in [0.2, 0.25) is 0 Å². The van der Waals surface area contributed by atoms with Crippen LogP contribution in [0, 0.1) is 0 Å². The minimum atomic E-state index is 0.800. The Labute approximate surface area is 120 Å². The van der Waals surface area contributed by atoms with Crippen LogP contribution in [0.25, 0.3) is 11.1 Å². The number of benzene rings is 2. The summed E-state index contributed by atoms with van der Waals surface area (Å²) < 4.78 is 0. The van der Waals surface area contributed by atoms with Crippen molar-refractivity contribution in [2.24, 2.45) is 0 Å². The van der Waals surface area contributed by atoms with Gasteiger partial charge in [-0.25, -0.2) is 0 Å². The standard InChI is InChI=1S/C17H20ClN/c1-3-4-13-5-7-14(8-6-13)15-9-10-16(12-19-2)17(18)11-15/h5-11,19H,3-4,12H2,1-2H3. The number of aryl methyl sites for hydroxylation is 1. The number of halogens is 1. The fourth-order valence-electron chi connectivity index (χ4n) is 2.21. The normalized spacial score (nSPS) is 10.7. The molecule has 2 rings (SSSR count). The molecule has 0 aliphatic rings. The van der Waals surface area contributed by atoms with Gasteiger partial charge in [-0.2, -0.15) is 0 Å². The molecule has 100 valence electrons. The van der Waals surface area contributed by atoms with Gasteiger partial charge in [-0.1, -0.05) is 61.3 Å². The first-order valence-electron chi connectivity index (χ1n) is 6.77. The van der Waals surface area contributed by atoms with E-state index in [9.17, 15) is 0 Å². The molecule has 0 saturated heterocycles. The van der Waals surface area contributed by atoms with Gasteiger partial charge in [-0.15, -0.1) is 0 Å². The van der Waals surface area contributed by atoms with Gasteiger partial charge in [-0.05, 0) is 41.8 Å². The molecule has 1 nitrogen and oxygen atoms in total. The second-order valence-corrected chi connectivity index (χ2v) is 5.19. The van der Waals surface area contributed by atoms with Gasteiger partial charge < -0.3 is 5.32 Å². The van der Waals surface area contributed by atoms with Crippen molar-refractivity contribution in [3.8, 4) is 11.1 Å². The van der Waals surface area contributed by atoms with Crippen molar-refractivity contribution >= 4 is 11.6 Å². The largest absolute Gasteiger partial charge is 0.316 e. The van der Waals surface area contributed by atoms with Crippen molar-refractivity contribution in [2.75, 3.05) is 7.05 Å². The third kappa shape index (κ3) is 3.59. The molecule has 19 heavy (non-hydrogen) atoms. The first kappa shape index (κ1) is 14.1. The third-order valence-electron chi connectivity index (χ3n) is 3.25. The molecule has 0 atom stereocenters. The molecule has 2 heteroatoms. The van der Waals surface area contributed by atoms with Crippen LogP contribution in [0.3, 0.4) is 0 Å². The summed E-state index contributed by atoms with van der Waals surface area (Å²) in [5.41, 5.74) is 4.92. The van der Waals surface area contributed by atoms with Crippen molar-refractivity contribution in [1.29, 1.82) is 0 Å². The van der Waals surface area contributed by atoms with E-state index in [0.29, 0.717) is 0 Å². The maximum Gasteiger partial charge on any atom is 0.0457 e. The van der Waals surface area contributed by atoms with E-state index in [-0.39, 0.29) is 0 Å². The van der Waals surface area contributed by atoms with E-state index in [2.05, 4.69) is 48.6 Å². The molecule has 2 aromatic rings. The first-order valence-corrected chi connectivity index (χ1v) is 7.14. The molecule has 0 spiro atoms. The Morgan fingerprint density at radius 3 is 2.26 bits per heavy atom. The minimum Gasteiger partial charge on any atom is -0.316 e. The monoisotopic (exact) mass is 273 g/mol. The maximum absolute atomic E-state index is 6.30. The quantitative estimate of drug-likeness (QED) is 0.834. The minimum absolute atomic E-state index is 0.800. The van der Waals surface area contributed by atoms with Crippen LogP contribution in [-0.4, -0.2) is 7.05 Å². The highest BCUT2D eigenvalue weighted by atomic mass is 35.5. The summed E-state index contributed by atoms with van der Waals surface area (Å²) in [4.78, 5) is 0. The highest BCUT2D eigenvalue weighted by Gasteiger charge is 2.03. The molecule has 0 amide bonds. The number of rotatable bonds is 5. The molecule has 0 aliphatic carbocycles. The molecule has 0 saturated carbocycles. The van der Waals surface area contributed by atoms with Crippen LogP contribution >= 0.6 is 11.6 Å². The lowest BCUT2D eigenvalue weighted by molar-refractivity contribution is 0.818. The van der Waals surface area contributed by atoms with E-state index in [1.54, 1.807) is 0 Å². The van der Waals surface area contributed by atoms with Crippen LogP contribution in [0.2, 0.25) is 5.02 Å². The number of hydrogen-bond acceptors (Lipinski definition) is 1. The van der Waals surface area contributed by atoms with E-state index >= 15 is 0 Å². The SMILES string of the molecule is CCCc1ccc(-c2ccc(CNC)c(Cl)c2)cc1. The third-order valence-corrected chi connectivity index (χ3v) is 3.60. The van der Waals surface area contributed by atoms with Crippen LogP contribution in [0.4, 0.5) is 0 Å². The lowest BCUT2D eigenvalue weighted by atomic mass is 10.0. The predicted molar refractivity (Wildman–Crippen MR) is 83.6 cm³/mol. The summed E-state index contributed by atoms with van der Waals surface area (Å²) in [7, 11) is 1.93. The molecule has 0 heterocycles. The number of hydrogen-bond donors (Lipinski definition) is 1. The summed E-state index contributed by atoms with van der Waals surface area (Å²) in [6.07, 6.45) is 2.33. The van der Waals surface area contributed by atoms with Crippen molar-refractivity contribution in [2.45, 2.75) is 26.3 Å². The van der Waals surface area contributed by atoms with Crippen molar-refractivity contribution in [3.05, 3.63) is 58.6 Å². The molecular weight excluding hydrogens is 254 g/mol. The predicted octanol–water partition coefficient (Wildman–Crippen LogP) is 4.68. The van der Waals surface area contributed by atoms with Crippen LogP contribution in [0.15, 0.2) is 42.5 Å². The van der Waals surface area contributed by atoms with Crippen LogP contribution < -0.4 is 5.32 Å². The van der Waals surface area contributed by atoms with Crippen LogP contribution in [0.1, 0.15) is 24.5 Å². The van der Waals surface area contributed by atoms with Gasteiger partial charge in [0.15, 0.2) is 0 Å².